The number of carbonyl (C=O) groups is 2. The summed E-state index contributed by atoms with van der Waals surface area (Å²) in [6.07, 6.45) is -1.81. The molecule has 1 aromatic rings. The minimum atomic E-state index is -3.16. The molecule has 0 N–H and O–H groups in total. The second-order valence-electron chi connectivity index (χ2n) is 5.69. The summed E-state index contributed by atoms with van der Waals surface area (Å²) in [5, 5.41) is 0. The fourth-order valence-electron chi connectivity index (χ4n) is 2.93. The summed E-state index contributed by atoms with van der Waals surface area (Å²) >= 11 is 0. The maximum Gasteiger partial charge on any atom is 0.338 e. The lowest BCUT2D eigenvalue weighted by Gasteiger charge is -2.31. The van der Waals surface area contributed by atoms with Crippen LogP contribution in [-0.2, 0) is 20.7 Å². The van der Waals surface area contributed by atoms with Crippen LogP contribution < -0.4 is 4.90 Å². The molecule has 0 fully saturated rings. The van der Waals surface area contributed by atoms with Crippen LogP contribution in [0, 0.1) is 5.82 Å². The Balaban J connectivity index is 2.47. The van der Waals surface area contributed by atoms with Crippen LogP contribution in [0.5, 0.6) is 0 Å². The first-order valence-electron chi connectivity index (χ1n) is 7.93. The third-order valence-corrected chi connectivity index (χ3v) is 4.17. The Labute approximate surface area is 143 Å². The van der Waals surface area contributed by atoms with Crippen LogP contribution in [-0.4, -0.2) is 39.2 Å². The van der Waals surface area contributed by atoms with E-state index in [0.29, 0.717) is 26.0 Å². The van der Waals surface area contributed by atoms with Gasteiger partial charge >= 0.3 is 5.97 Å². The van der Waals surface area contributed by atoms with Gasteiger partial charge in [-0.3, -0.25) is 4.79 Å². The Kier molecular flexibility index (Phi) is 6.41. The molecule has 25 heavy (non-hydrogen) atoms. The van der Waals surface area contributed by atoms with Crippen molar-refractivity contribution in [1.29, 1.82) is 0 Å². The van der Waals surface area contributed by atoms with Gasteiger partial charge in [-0.1, -0.05) is 0 Å². The molecule has 0 atom stereocenters. The molecule has 0 spiro atoms. The molecular weight excluding hydrogens is 339 g/mol. The molecule has 1 amide bonds. The van der Waals surface area contributed by atoms with E-state index >= 15 is 0 Å². The zero-order chi connectivity index (χ0) is 18.6. The summed E-state index contributed by atoms with van der Waals surface area (Å²) in [5.74, 6) is -2.43. The summed E-state index contributed by atoms with van der Waals surface area (Å²) in [7, 11) is 2.59. The van der Waals surface area contributed by atoms with Crippen molar-refractivity contribution in [2.75, 3.05) is 32.3 Å². The maximum absolute atomic E-state index is 14.7. The van der Waals surface area contributed by atoms with Gasteiger partial charge in [0.1, 0.15) is 5.82 Å². The van der Waals surface area contributed by atoms with Gasteiger partial charge in [-0.15, -0.1) is 0 Å². The van der Waals surface area contributed by atoms with Crippen LogP contribution >= 0.6 is 0 Å². The van der Waals surface area contributed by atoms with Gasteiger partial charge in [-0.05, 0) is 25.3 Å². The molecule has 138 valence electrons. The predicted molar refractivity (Wildman–Crippen MR) is 84.5 cm³/mol. The van der Waals surface area contributed by atoms with Gasteiger partial charge < -0.3 is 14.4 Å². The Bertz CT molecular complexity index is 664. The van der Waals surface area contributed by atoms with Gasteiger partial charge in [0.05, 0.1) is 23.9 Å². The molecular formula is C17H20F3NO4. The maximum atomic E-state index is 14.7. The number of unbranched alkanes of at least 4 members (excludes halogenated alkanes) is 1. The number of halogens is 3. The highest BCUT2D eigenvalue weighted by molar-refractivity contribution is 5.99. The van der Waals surface area contributed by atoms with E-state index in [-0.39, 0.29) is 30.0 Å². The molecule has 0 radical (unpaired) electrons. The summed E-state index contributed by atoms with van der Waals surface area (Å²) in [6.45, 7) is 0.810. The van der Waals surface area contributed by atoms with Gasteiger partial charge in [0.25, 0.3) is 6.43 Å². The molecule has 5 nitrogen and oxygen atoms in total. The first-order chi connectivity index (χ1) is 11.9. The average Bonchev–Trinajstić information content (AvgIpc) is 2.58. The van der Waals surface area contributed by atoms with Crippen molar-refractivity contribution in [3.63, 3.8) is 0 Å². The molecule has 0 bridgehead atoms. The average molecular weight is 359 g/mol. The van der Waals surface area contributed by atoms with Crippen LogP contribution in [0.15, 0.2) is 6.07 Å². The number of amides is 1. The van der Waals surface area contributed by atoms with Gasteiger partial charge in [0, 0.05) is 32.2 Å². The Morgan fingerprint density at radius 3 is 2.60 bits per heavy atom. The minimum Gasteiger partial charge on any atom is -0.465 e. The van der Waals surface area contributed by atoms with E-state index in [1.165, 1.54) is 4.90 Å². The number of alkyl halides is 2. The summed E-state index contributed by atoms with van der Waals surface area (Å²) in [5.41, 5.74) is -1.32. The van der Waals surface area contributed by atoms with Crippen molar-refractivity contribution in [3.8, 4) is 0 Å². The van der Waals surface area contributed by atoms with Crippen LogP contribution in [0.3, 0.4) is 0 Å². The third-order valence-electron chi connectivity index (χ3n) is 4.17. The fraction of sp³-hybridized carbons (Fsp3) is 0.529. The highest BCUT2D eigenvalue weighted by Crippen LogP contribution is 2.38. The van der Waals surface area contributed by atoms with Gasteiger partial charge in [0.15, 0.2) is 0 Å². The number of hydrogen-bond acceptors (Lipinski definition) is 4. The van der Waals surface area contributed by atoms with Crippen molar-refractivity contribution in [2.24, 2.45) is 0 Å². The van der Waals surface area contributed by atoms with Crippen LogP contribution in [0.25, 0.3) is 0 Å². The topological polar surface area (TPSA) is 55.8 Å². The number of ether oxygens (including phenoxy) is 2. The molecule has 0 aliphatic carbocycles. The van der Waals surface area contributed by atoms with Gasteiger partial charge in [0.2, 0.25) is 5.91 Å². The number of methoxy groups -OCH3 is 2. The highest BCUT2D eigenvalue weighted by atomic mass is 19.3. The molecule has 0 saturated carbocycles. The largest absolute Gasteiger partial charge is 0.465 e. The zero-order valence-corrected chi connectivity index (χ0v) is 14.1. The van der Waals surface area contributed by atoms with E-state index in [0.717, 1.165) is 13.2 Å². The van der Waals surface area contributed by atoms with Gasteiger partial charge in [-0.2, -0.15) is 0 Å². The molecule has 1 aliphatic rings. The quantitative estimate of drug-likeness (QED) is 0.554. The molecule has 1 aromatic carbocycles. The molecule has 0 saturated heterocycles. The summed E-state index contributed by atoms with van der Waals surface area (Å²) in [4.78, 5) is 25.4. The van der Waals surface area contributed by atoms with E-state index in [2.05, 4.69) is 4.74 Å². The van der Waals surface area contributed by atoms with Crippen molar-refractivity contribution < 1.29 is 32.2 Å². The van der Waals surface area contributed by atoms with Crippen molar-refractivity contribution >= 4 is 17.6 Å². The Morgan fingerprint density at radius 2 is 2.00 bits per heavy atom. The fourth-order valence-corrected chi connectivity index (χ4v) is 2.93. The number of anilines is 1. The normalized spacial score (nSPS) is 14.0. The minimum absolute atomic E-state index is 0.0236. The number of fused-ring (bicyclic) bond motifs is 1. The summed E-state index contributed by atoms with van der Waals surface area (Å²) < 4.78 is 50.6. The number of esters is 1. The lowest BCUT2D eigenvalue weighted by molar-refractivity contribution is -0.118. The van der Waals surface area contributed by atoms with Crippen molar-refractivity contribution in [3.05, 3.63) is 28.6 Å². The highest BCUT2D eigenvalue weighted by Gasteiger charge is 2.33. The van der Waals surface area contributed by atoms with E-state index in [1.54, 1.807) is 7.11 Å². The van der Waals surface area contributed by atoms with Crippen molar-refractivity contribution in [1.82, 2.24) is 0 Å². The Hall–Kier alpha value is -2.09. The monoisotopic (exact) mass is 359 g/mol. The first-order valence-corrected chi connectivity index (χ1v) is 7.93. The number of rotatable bonds is 7. The van der Waals surface area contributed by atoms with E-state index in [4.69, 9.17) is 4.74 Å². The number of hydrogen-bond donors (Lipinski definition) is 0. The lowest BCUT2D eigenvalue weighted by Crippen LogP contribution is -2.37. The second kappa shape index (κ2) is 8.33. The lowest BCUT2D eigenvalue weighted by atomic mass is 9.94. The Morgan fingerprint density at radius 1 is 1.28 bits per heavy atom. The molecule has 1 aliphatic heterocycles. The SMILES string of the molecule is COCCCCN1C(=O)CCc2c1cc(C(=O)OC)c(C(F)F)c2F. The standard InChI is InChI=1S/C17H20F3NO4/c1-24-8-4-3-7-21-12-9-11(17(23)25-2)14(16(19)20)15(18)10(12)5-6-13(21)22/h9,16H,3-8H2,1-2H3. The second-order valence-corrected chi connectivity index (χ2v) is 5.69. The van der Waals surface area contributed by atoms with Gasteiger partial charge in [-0.25, -0.2) is 18.0 Å². The van der Waals surface area contributed by atoms with Crippen LogP contribution in [0.2, 0.25) is 0 Å². The predicted octanol–water partition coefficient (Wildman–Crippen LogP) is 3.26. The van der Waals surface area contributed by atoms with E-state index in [9.17, 15) is 22.8 Å². The van der Waals surface area contributed by atoms with Crippen molar-refractivity contribution in [2.45, 2.75) is 32.1 Å². The first kappa shape index (κ1) is 19.2. The molecule has 2 rings (SSSR count). The number of nitrogens with zero attached hydrogens (tertiary/aromatic N) is 1. The summed E-state index contributed by atoms with van der Waals surface area (Å²) in [6, 6.07) is 1.14. The zero-order valence-electron chi connectivity index (χ0n) is 14.1. The van der Waals surface area contributed by atoms with E-state index < -0.39 is 29.3 Å². The van der Waals surface area contributed by atoms with Crippen LogP contribution in [0.1, 0.15) is 47.2 Å². The number of benzene rings is 1. The third kappa shape index (κ3) is 3.95. The molecule has 8 heteroatoms. The molecule has 1 heterocycles. The smallest absolute Gasteiger partial charge is 0.338 e. The van der Waals surface area contributed by atoms with E-state index in [1.807, 2.05) is 0 Å². The number of carbonyl (C=O) groups excluding carboxylic acids is 2. The van der Waals surface area contributed by atoms with Crippen LogP contribution in [0.4, 0.5) is 18.9 Å². The molecule has 0 aromatic heterocycles. The molecule has 0 unspecified atom stereocenters.